The smallest absolute Gasteiger partial charge is 0.196 e. The molecule has 4 rings (SSSR count). The molecule has 3 heterocycles. The summed E-state index contributed by atoms with van der Waals surface area (Å²) in [5.41, 5.74) is -0.827. The lowest BCUT2D eigenvalue weighted by Gasteiger charge is -2.43. The van der Waals surface area contributed by atoms with Gasteiger partial charge in [0.25, 0.3) is 0 Å². The minimum Gasteiger partial charge on any atom is -0.507 e. The quantitative estimate of drug-likeness (QED) is 0.429. The van der Waals surface area contributed by atoms with Crippen molar-refractivity contribution in [2.45, 2.75) is 69.6 Å². The molecule has 1 aromatic heterocycles. The van der Waals surface area contributed by atoms with Gasteiger partial charge in [0.1, 0.15) is 64.3 Å². The second-order valence-corrected chi connectivity index (χ2v) is 8.53. The molecule has 1 aromatic carbocycles. The van der Waals surface area contributed by atoms with Gasteiger partial charge >= 0.3 is 0 Å². The summed E-state index contributed by atoms with van der Waals surface area (Å²) >= 11 is 0. The van der Waals surface area contributed by atoms with Crippen molar-refractivity contribution in [3.8, 4) is 11.5 Å². The molecule has 1 saturated heterocycles. The number of benzene rings is 1. The largest absolute Gasteiger partial charge is 0.507 e. The Morgan fingerprint density at radius 1 is 1.16 bits per heavy atom. The molecule has 0 spiro atoms. The normalized spacial score (nSPS) is 30.9. The van der Waals surface area contributed by atoms with Gasteiger partial charge in [-0.25, -0.2) is 0 Å². The van der Waals surface area contributed by atoms with Crippen LogP contribution in [0.25, 0.3) is 11.0 Å². The average Bonchev–Trinajstić information content (AvgIpc) is 3.13. The van der Waals surface area contributed by atoms with E-state index in [4.69, 9.17) is 18.6 Å². The molecule has 10 heteroatoms. The van der Waals surface area contributed by atoms with Crippen LogP contribution in [0, 0.1) is 6.92 Å². The first-order valence-electron chi connectivity index (χ1n) is 9.97. The van der Waals surface area contributed by atoms with Gasteiger partial charge in [0.15, 0.2) is 11.7 Å². The molecule has 0 bridgehead atoms. The van der Waals surface area contributed by atoms with E-state index in [2.05, 4.69) is 0 Å². The summed E-state index contributed by atoms with van der Waals surface area (Å²) in [6.07, 6.45) is -7.49. The minimum absolute atomic E-state index is 0.0706. The van der Waals surface area contributed by atoms with Gasteiger partial charge in [0.2, 0.25) is 0 Å². The zero-order valence-electron chi connectivity index (χ0n) is 17.3. The van der Waals surface area contributed by atoms with Crippen LogP contribution in [0.15, 0.2) is 21.3 Å². The molecule has 5 N–H and O–H groups in total. The first kappa shape index (κ1) is 22.0. The van der Waals surface area contributed by atoms with Crippen LogP contribution in [-0.2, 0) is 15.9 Å². The summed E-state index contributed by atoms with van der Waals surface area (Å²) in [5, 5.41) is 50.3. The maximum atomic E-state index is 12.3. The monoisotopic (exact) mass is 438 g/mol. The fourth-order valence-corrected chi connectivity index (χ4v) is 4.05. The Bertz CT molecular complexity index is 1040. The van der Waals surface area contributed by atoms with Gasteiger partial charge in [0.05, 0.1) is 6.61 Å². The molecule has 6 atom stereocenters. The van der Waals surface area contributed by atoms with E-state index in [0.29, 0.717) is 17.1 Å². The highest BCUT2D eigenvalue weighted by molar-refractivity contribution is 5.87. The van der Waals surface area contributed by atoms with E-state index in [1.807, 2.05) is 0 Å². The zero-order chi connectivity index (χ0) is 22.7. The molecular weight excluding hydrogens is 412 g/mol. The second kappa shape index (κ2) is 7.73. The Balaban J connectivity index is 1.59. The number of rotatable bonds is 4. The van der Waals surface area contributed by atoms with Crippen LogP contribution in [0.5, 0.6) is 11.5 Å². The fraction of sp³-hybridized carbons (Fsp3) is 0.571. The van der Waals surface area contributed by atoms with E-state index in [0.717, 1.165) is 0 Å². The molecule has 31 heavy (non-hydrogen) atoms. The number of phenols is 1. The van der Waals surface area contributed by atoms with Crippen molar-refractivity contribution in [3.05, 3.63) is 33.7 Å². The van der Waals surface area contributed by atoms with Crippen LogP contribution < -0.4 is 10.2 Å². The number of hydrogen-bond donors (Lipinski definition) is 5. The van der Waals surface area contributed by atoms with Gasteiger partial charge in [-0.1, -0.05) is 0 Å². The third-order valence-electron chi connectivity index (χ3n) is 5.88. The Labute approximate surface area is 177 Å². The first-order chi connectivity index (χ1) is 14.5. The van der Waals surface area contributed by atoms with E-state index in [1.54, 1.807) is 26.8 Å². The van der Waals surface area contributed by atoms with Crippen LogP contribution in [0.4, 0.5) is 0 Å². The average molecular weight is 438 g/mol. The van der Waals surface area contributed by atoms with Crippen LogP contribution in [0.2, 0.25) is 0 Å². The summed E-state index contributed by atoms with van der Waals surface area (Å²) in [5.74, 6) is 0.527. The Kier molecular flexibility index (Phi) is 5.49. The van der Waals surface area contributed by atoms with E-state index in [-0.39, 0.29) is 28.6 Å². The summed E-state index contributed by atoms with van der Waals surface area (Å²) in [6.45, 7) is 4.41. The topological polar surface area (TPSA) is 159 Å². The van der Waals surface area contributed by atoms with Gasteiger partial charge in [-0.2, -0.15) is 0 Å². The zero-order valence-corrected chi connectivity index (χ0v) is 17.3. The van der Waals surface area contributed by atoms with Gasteiger partial charge in [0, 0.05) is 24.1 Å². The number of aryl methyl sites for hydroxylation is 1. The van der Waals surface area contributed by atoms with Crippen molar-refractivity contribution in [2.75, 3.05) is 6.61 Å². The van der Waals surface area contributed by atoms with Crippen molar-refractivity contribution >= 4 is 11.0 Å². The van der Waals surface area contributed by atoms with Gasteiger partial charge in [-0.15, -0.1) is 0 Å². The van der Waals surface area contributed by atoms with Crippen LogP contribution >= 0.6 is 0 Å². The lowest BCUT2D eigenvalue weighted by molar-refractivity contribution is -0.329. The highest BCUT2D eigenvalue weighted by atomic mass is 16.7. The van der Waals surface area contributed by atoms with E-state index < -0.39 is 49.0 Å². The molecule has 0 amide bonds. The Hall–Kier alpha value is -2.21. The standard InChI is InChI=1S/C21H26O10/c1-8-4-10(23)15-12(28-8)6-11-9(16(15)24)5-14(29-11)21(2,3)31-20-19(27)18(26)17(25)13(7-22)30-20/h4,6,13-14,17-20,22,24-27H,5,7H2,1-3H3/t13-,14+,17-,18+,19-,20+/m0/s1. The molecule has 1 fully saturated rings. The third-order valence-corrected chi connectivity index (χ3v) is 5.88. The van der Waals surface area contributed by atoms with Crippen LogP contribution in [0.3, 0.4) is 0 Å². The highest BCUT2D eigenvalue weighted by Gasteiger charge is 2.48. The number of aliphatic hydroxyl groups is 4. The van der Waals surface area contributed by atoms with Gasteiger partial charge < -0.3 is 44.2 Å². The van der Waals surface area contributed by atoms with Crippen molar-refractivity contribution in [1.82, 2.24) is 0 Å². The second-order valence-electron chi connectivity index (χ2n) is 8.53. The highest BCUT2D eigenvalue weighted by Crippen LogP contribution is 2.43. The fourth-order valence-electron chi connectivity index (χ4n) is 4.05. The van der Waals surface area contributed by atoms with E-state index in [1.165, 1.54) is 6.07 Å². The van der Waals surface area contributed by atoms with Crippen LogP contribution in [-0.4, -0.2) is 74.6 Å². The molecule has 2 aliphatic heterocycles. The lowest BCUT2D eigenvalue weighted by Crippen LogP contribution is -2.61. The third kappa shape index (κ3) is 3.69. The van der Waals surface area contributed by atoms with Crippen molar-refractivity contribution in [2.24, 2.45) is 0 Å². The number of aliphatic hydroxyl groups excluding tert-OH is 4. The number of hydrogen-bond acceptors (Lipinski definition) is 10. The lowest BCUT2D eigenvalue weighted by atomic mass is 9.94. The predicted molar refractivity (Wildman–Crippen MR) is 106 cm³/mol. The SMILES string of the molecule is Cc1cc(=O)c2c(O)c3c(cc2o1)O[C@@H](C(C)(C)O[C@H]1O[C@@H](CO)[C@H](O)[C@@H](O)[C@@H]1O)C3. The molecule has 2 aliphatic rings. The maximum Gasteiger partial charge on any atom is 0.196 e. The predicted octanol–water partition coefficient (Wildman–Crippen LogP) is -0.294. The number of ether oxygens (including phenoxy) is 3. The Morgan fingerprint density at radius 2 is 1.87 bits per heavy atom. The Morgan fingerprint density at radius 3 is 2.55 bits per heavy atom. The first-order valence-corrected chi connectivity index (χ1v) is 9.97. The molecule has 170 valence electrons. The minimum atomic E-state index is -1.57. The molecule has 0 unspecified atom stereocenters. The van der Waals surface area contributed by atoms with Crippen molar-refractivity contribution in [1.29, 1.82) is 0 Å². The van der Waals surface area contributed by atoms with E-state index >= 15 is 0 Å². The van der Waals surface area contributed by atoms with Crippen LogP contribution in [0.1, 0.15) is 25.2 Å². The summed E-state index contributed by atoms with van der Waals surface area (Å²) in [4.78, 5) is 12.3. The van der Waals surface area contributed by atoms with Crippen molar-refractivity contribution in [3.63, 3.8) is 0 Å². The summed E-state index contributed by atoms with van der Waals surface area (Å²) < 4.78 is 22.8. The summed E-state index contributed by atoms with van der Waals surface area (Å²) in [6, 6.07) is 2.84. The molecule has 0 saturated carbocycles. The molecule has 2 aromatic rings. The van der Waals surface area contributed by atoms with Gasteiger partial charge in [-0.05, 0) is 20.8 Å². The molecular formula is C21H26O10. The molecule has 10 nitrogen and oxygen atoms in total. The summed E-state index contributed by atoms with van der Waals surface area (Å²) in [7, 11) is 0. The number of phenolic OH excluding ortho intramolecular Hbond substituents is 1. The maximum absolute atomic E-state index is 12.3. The van der Waals surface area contributed by atoms with Gasteiger partial charge in [-0.3, -0.25) is 4.79 Å². The molecule has 0 aliphatic carbocycles. The number of fused-ring (bicyclic) bond motifs is 2. The van der Waals surface area contributed by atoms with E-state index in [9.17, 15) is 30.3 Å². The molecule has 0 radical (unpaired) electrons. The van der Waals surface area contributed by atoms with Crippen molar-refractivity contribution < 1.29 is 44.2 Å². The number of aromatic hydroxyl groups is 1.